The normalized spacial score (nSPS) is 11.4. The lowest BCUT2D eigenvalue weighted by Crippen LogP contribution is -2.11. The molecule has 0 saturated heterocycles. The van der Waals surface area contributed by atoms with Crippen LogP contribution in [0.25, 0.3) is 0 Å². The number of rotatable bonds is 3. The predicted molar refractivity (Wildman–Crippen MR) is 78.7 cm³/mol. The van der Waals surface area contributed by atoms with Crippen LogP contribution in [0.2, 0.25) is 5.02 Å². The maximum atomic E-state index is 12.1. The summed E-state index contributed by atoms with van der Waals surface area (Å²) in [5, 5.41) is 0.368. The van der Waals surface area contributed by atoms with Crippen molar-refractivity contribution in [3.63, 3.8) is 0 Å². The van der Waals surface area contributed by atoms with Crippen LogP contribution >= 0.6 is 38.9 Å². The van der Waals surface area contributed by atoms with Crippen molar-refractivity contribution in [2.75, 3.05) is 10.5 Å². The maximum Gasteiger partial charge on any atom is 0.271 e. The molecule has 3 N–H and O–H groups in total. The van der Waals surface area contributed by atoms with Crippen molar-refractivity contribution in [2.45, 2.75) is 4.21 Å². The molecule has 0 aliphatic carbocycles. The first-order valence-corrected chi connectivity index (χ1v) is 8.19. The van der Waals surface area contributed by atoms with Gasteiger partial charge in [0.1, 0.15) is 4.21 Å². The number of halogens is 2. The molecule has 0 spiro atoms. The highest BCUT2D eigenvalue weighted by molar-refractivity contribution is 9.11. The Morgan fingerprint density at radius 1 is 1.33 bits per heavy atom. The summed E-state index contributed by atoms with van der Waals surface area (Å²) < 4.78 is 27.3. The van der Waals surface area contributed by atoms with Gasteiger partial charge in [0.05, 0.1) is 14.5 Å². The van der Waals surface area contributed by atoms with Crippen molar-refractivity contribution in [3.05, 3.63) is 39.1 Å². The third-order valence-electron chi connectivity index (χ3n) is 2.03. The average Bonchev–Trinajstić information content (AvgIpc) is 2.59. The molecule has 96 valence electrons. The molecule has 2 rings (SSSR count). The van der Waals surface area contributed by atoms with E-state index in [4.69, 9.17) is 17.3 Å². The minimum absolute atomic E-state index is 0.141. The van der Waals surface area contributed by atoms with Crippen molar-refractivity contribution in [3.8, 4) is 0 Å². The van der Waals surface area contributed by atoms with E-state index < -0.39 is 10.0 Å². The van der Waals surface area contributed by atoms with E-state index in [1.165, 1.54) is 6.07 Å². The van der Waals surface area contributed by atoms with Crippen LogP contribution in [-0.2, 0) is 10.0 Å². The second-order valence-corrected chi connectivity index (χ2v) is 8.10. The molecule has 0 fully saturated rings. The highest BCUT2D eigenvalue weighted by Gasteiger charge is 2.19. The largest absolute Gasteiger partial charge is 0.399 e. The molecular weight excluding hydrogens is 360 g/mol. The zero-order valence-corrected chi connectivity index (χ0v) is 12.8. The molecule has 0 unspecified atom stereocenters. The third kappa shape index (κ3) is 2.97. The van der Waals surface area contributed by atoms with Gasteiger partial charge >= 0.3 is 0 Å². The fourth-order valence-electron chi connectivity index (χ4n) is 1.27. The molecule has 8 heteroatoms. The Balaban J connectivity index is 2.33. The third-order valence-corrected chi connectivity index (χ3v) is 6.36. The van der Waals surface area contributed by atoms with E-state index in [0.717, 1.165) is 11.3 Å². The lowest BCUT2D eigenvalue weighted by Gasteiger charge is -2.06. The van der Waals surface area contributed by atoms with Crippen molar-refractivity contribution in [1.82, 2.24) is 0 Å². The lowest BCUT2D eigenvalue weighted by molar-refractivity contribution is 0.603. The van der Waals surface area contributed by atoms with Gasteiger partial charge in [-0.25, -0.2) is 8.42 Å². The van der Waals surface area contributed by atoms with Crippen LogP contribution in [0.3, 0.4) is 0 Å². The summed E-state index contributed by atoms with van der Waals surface area (Å²) in [6.45, 7) is 0. The number of benzene rings is 1. The fourth-order valence-corrected chi connectivity index (χ4v) is 4.71. The standard InChI is InChI=1S/C10H8BrClN2O2S2/c11-10-8(12)5-9(17-10)18(15,16)14-7-3-1-2-6(13)4-7/h1-5,14H,13H2. The summed E-state index contributed by atoms with van der Waals surface area (Å²) in [6, 6.07) is 7.91. The summed E-state index contributed by atoms with van der Waals surface area (Å²) in [6.07, 6.45) is 0. The van der Waals surface area contributed by atoms with Gasteiger partial charge in [-0.3, -0.25) is 4.72 Å². The van der Waals surface area contributed by atoms with Crippen LogP contribution in [0.4, 0.5) is 11.4 Å². The molecule has 0 radical (unpaired) electrons. The first-order chi connectivity index (χ1) is 8.38. The van der Waals surface area contributed by atoms with Crippen LogP contribution in [0.1, 0.15) is 0 Å². The van der Waals surface area contributed by atoms with Gasteiger partial charge in [-0.15, -0.1) is 11.3 Å². The molecule has 1 aromatic carbocycles. The quantitative estimate of drug-likeness (QED) is 0.815. The number of sulfonamides is 1. The number of nitrogens with one attached hydrogen (secondary N) is 1. The number of nitrogens with two attached hydrogens (primary N) is 1. The van der Waals surface area contributed by atoms with E-state index in [1.807, 2.05) is 0 Å². The molecule has 0 atom stereocenters. The minimum atomic E-state index is -3.63. The Labute approximate surface area is 122 Å². The van der Waals surface area contributed by atoms with Gasteiger partial charge in [-0.1, -0.05) is 17.7 Å². The summed E-state index contributed by atoms with van der Waals surface area (Å²) in [7, 11) is -3.63. The Bertz CT molecular complexity index is 665. The minimum Gasteiger partial charge on any atom is -0.399 e. The van der Waals surface area contributed by atoms with Crippen molar-refractivity contribution in [2.24, 2.45) is 0 Å². The monoisotopic (exact) mass is 366 g/mol. The van der Waals surface area contributed by atoms with Crippen LogP contribution in [0, 0.1) is 0 Å². The SMILES string of the molecule is Nc1cccc(NS(=O)(=O)c2cc(Cl)c(Br)s2)c1. The van der Waals surface area contributed by atoms with Crippen LogP contribution in [-0.4, -0.2) is 8.42 Å². The lowest BCUT2D eigenvalue weighted by atomic mass is 10.3. The van der Waals surface area contributed by atoms with E-state index in [1.54, 1.807) is 24.3 Å². The van der Waals surface area contributed by atoms with Gasteiger partial charge in [0, 0.05) is 5.69 Å². The van der Waals surface area contributed by atoms with Crippen molar-refractivity contribution < 1.29 is 8.42 Å². The Hall–Kier alpha value is -0.760. The van der Waals surface area contributed by atoms with E-state index >= 15 is 0 Å². The zero-order chi connectivity index (χ0) is 13.3. The molecule has 4 nitrogen and oxygen atoms in total. The van der Waals surface area contributed by atoms with Gasteiger partial charge < -0.3 is 5.73 Å². The van der Waals surface area contributed by atoms with Gasteiger partial charge in [-0.05, 0) is 40.2 Å². The summed E-state index contributed by atoms with van der Waals surface area (Å²) in [5.74, 6) is 0. The number of anilines is 2. The molecule has 0 bridgehead atoms. The summed E-state index contributed by atoms with van der Waals surface area (Å²) in [4.78, 5) is 0. The molecule has 0 aliphatic heterocycles. The molecular formula is C10H8BrClN2O2S2. The molecule has 0 aliphatic rings. The molecule has 18 heavy (non-hydrogen) atoms. The molecule has 1 heterocycles. The molecule has 2 aromatic rings. The number of hydrogen-bond donors (Lipinski definition) is 2. The summed E-state index contributed by atoms with van der Waals surface area (Å²) >= 11 is 10.0. The Morgan fingerprint density at radius 2 is 2.06 bits per heavy atom. The molecule has 1 aromatic heterocycles. The number of hydrogen-bond acceptors (Lipinski definition) is 4. The smallest absolute Gasteiger partial charge is 0.271 e. The van der Waals surface area contributed by atoms with Gasteiger partial charge in [-0.2, -0.15) is 0 Å². The Morgan fingerprint density at radius 3 is 2.61 bits per heavy atom. The summed E-state index contributed by atoms with van der Waals surface area (Å²) in [5.41, 5.74) is 6.48. The first-order valence-electron chi connectivity index (χ1n) is 4.72. The molecule has 0 amide bonds. The second-order valence-electron chi connectivity index (χ2n) is 3.42. The highest BCUT2D eigenvalue weighted by Crippen LogP contribution is 2.35. The van der Waals surface area contributed by atoms with Gasteiger partial charge in [0.2, 0.25) is 0 Å². The van der Waals surface area contributed by atoms with E-state index in [-0.39, 0.29) is 4.21 Å². The fraction of sp³-hybridized carbons (Fsp3) is 0. The number of thiophene rings is 1. The number of nitrogen functional groups attached to an aromatic ring is 1. The van der Waals surface area contributed by atoms with Crippen molar-refractivity contribution in [1.29, 1.82) is 0 Å². The predicted octanol–water partition coefficient (Wildman–Crippen LogP) is 3.55. The van der Waals surface area contributed by atoms with Gasteiger partial charge in [0.25, 0.3) is 10.0 Å². The van der Waals surface area contributed by atoms with E-state index in [9.17, 15) is 8.42 Å². The average molecular weight is 368 g/mol. The van der Waals surface area contributed by atoms with E-state index in [2.05, 4.69) is 20.7 Å². The molecule has 0 saturated carbocycles. The Kier molecular flexibility index (Phi) is 3.86. The maximum absolute atomic E-state index is 12.1. The first kappa shape index (κ1) is 13.7. The zero-order valence-electron chi connectivity index (χ0n) is 8.85. The second kappa shape index (κ2) is 5.08. The highest BCUT2D eigenvalue weighted by atomic mass is 79.9. The van der Waals surface area contributed by atoms with E-state index in [0.29, 0.717) is 20.2 Å². The van der Waals surface area contributed by atoms with Crippen LogP contribution in [0.5, 0.6) is 0 Å². The van der Waals surface area contributed by atoms with Gasteiger partial charge in [0.15, 0.2) is 0 Å². The van der Waals surface area contributed by atoms with Crippen LogP contribution < -0.4 is 10.5 Å². The topological polar surface area (TPSA) is 72.2 Å². The van der Waals surface area contributed by atoms with Crippen LogP contribution in [0.15, 0.2) is 38.3 Å². The van der Waals surface area contributed by atoms with Crippen molar-refractivity contribution >= 4 is 60.3 Å².